The van der Waals surface area contributed by atoms with Gasteiger partial charge in [0.2, 0.25) is 0 Å². The van der Waals surface area contributed by atoms with Crippen molar-refractivity contribution in [2.24, 2.45) is 5.73 Å². The highest BCUT2D eigenvalue weighted by atomic mass is 32.2. The van der Waals surface area contributed by atoms with E-state index in [1.165, 1.54) is 0 Å². The molecule has 0 aromatic rings. The van der Waals surface area contributed by atoms with Gasteiger partial charge in [-0.25, -0.2) is 8.42 Å². The lowest BCUT2D eigenvalue weighted by atomic mass is 10.1. The van der Waals surface area contributed by atoms with Gasteiger partial charge in [-0.3, -0.25) is 0 Å². The number of hydrogen-bond donors (Lipinski definition) is 1. The van der Waals surface area contributed by atoms with Crippen LogP contribution in [-0.4, -0.2) is 38.7 Å². The summed E-state index contributed by atoms with van der Waals surface area (Å²) in [6.45, 7) is 6.32. The zero-order valence-electron chi connectivity index (χ0n) is 9.25. The van der Waals surface area contributed by atoms with Crippen LogP contribution < -0.4 is 5.73 Å². The zero-order chi connectivity index (χ0) is 11.2. The molecule has 86 valence electrons. The van der Waals surface area contributed by atoms with Crippen molar-refractivity contribution in [2.75, 3.05) is 24.7 Å². The molecule has 0 aliphatic rings. The molecule has 0 aliphatic carbocycles. The fourth-order valence-electron chi connectivity index (χ4n) is 0.831. The summed E-state index contributed by atoms with van der Waals surface area (Å²) in [4.78, 5) is 0. The van der Waals surface area contributed by atoms with Gasteiger partial charge in [-0.1, -0.05) is 6.92 Å². The van der Waals surface area contributed by atoms with Crippen molar-refractivity contribution >= 4 is 9.84 Å². The highest BCUT2D eigenvalue weighted by Crippen LogP contribution is 2.07. The maximum absolute atomic E-state index is 11.1. The first-order valence-corrected chi connectivity index (χ1v) is 6.69. The molecule has 2 N–H and O–H groups in total. The zero-order valence-corrected chi connectivity index (χ0v) is 10.1. The predicted molar refractivity (Wildman–Crippen MR) is 58.0 cm³/mol. The smallest absolute Gasteiger partial charge is 0.150 e. The van der Waals surface area contributed by atoms with Crippen LogP contribution in [-0.2, 0) is 14.6 Å². The summed E-state index contributed by atoms with van der Waals surface area (Å²) >= 11 is 0. The second-order valence-corrected chi connectivity index (χ2v) is 6.37. The predicted octanol–water partition coefficient (Wildman–Crippen LogP) is 0.565. The van der Waals surface area contributed by atoms with Gasteiger partial charge in [-0.2, -0.15) is 0 Å². The van der Waals surface area contributed by atoms with E-state index in [-0.39, 0.29) is 17.1 Å². The average Bonchev–Trinajstić information content (AvgIpc) is 2.13. The Hall–Kier alpha value is -0.130. The van der Waals surface area contributed by atoms with E-state index < -0.39 is 9.84 Å². The molecule has 0 unspecified atom stereocenters. The fraction of sp³-hybridized carbons (Fsp3) is 1.00. The maximum atomic E-state index is 11.1. The highest BCUT2D eigenvalue weighted by molar-refractivity contribution is 7.91. The lowest BCUT2D eigenvalue weighted by Gasteiger charge is -2.22. The number of ether oxygens (including phenoxy) is 1. The van der Waals surface area contributed by atoms with Crippen molar-refractivity contribution in [2.45, 2.75) is 32.8 Å². The van der Waals surface area contributed by atoms with Crippen molar-refractivity contribution in [3.05, 3.63) is 0 Å². The van der Waals surface area contributed by atoms with Crippen LogP contribution in [0.3, 0.4) is 0 Å². The molecule has 0 radical (unpaired) electrons. The Bertz CT molecular complexity index is 247. The summed E-state index contributed by atoms with van der Waals surface area (Å²) in [7, 11) is -2.86. The highest BCUT2D eigenvalue weighted by Gasteiger charge is 2.15. The summed E-state index contributed by atoms with van der Waals surface area (Å²) < 4.78 is 27.7. The molecule has 0 atom stereocenters. The van der Waals surface area contributed by atoms with Crippen LogP contribution in [0.2, 0.25) is 0 Å². The van der Waals surface area contributed by atoms with Crippen LogP contribution >= 0.6 is 0 Å². The SMILES string of the molecule is CCS(=O)(=O)CCCOC(C)(C)CN. The van der Waals surface area contributed by atoms with E-state index >= 15 is 0 Å². The Balaban J connectivity index is 3.68. The van der Waals surface area contributed by atoms with Gasteiger partial charge in [-0.05, 0) is 20.3 Å². The van der Waals surface area contributed by atoms with Gasteiger partial charge in [-0.15, -0.1) is 0 Å². The van der Waals surface area contributed by atoms with Gasteiger partial charge in [0.15, 0.2) is 0 Å². The minimum atomic E-state index is -2.86. The van der Waals surface area contributed by atoms with Crippen molar-refractivity contribution in [1.82, 2.24) is 0 Å². The Kier molecular flexibility index (Phi) is 5.63. The molecule has 0 bridgehead atoms. The van der Waals surface area contributed by atoms with Crippen LogP contribution in [0.15, 0.2) is 0 Å². The first-order chi connectivity index (χ1) is 6.33. The van der Waals surface area contributed by atoms with E-state index in [9.17, 15) is 8.42 Å². The summed E-state index contributed by atoms with van der Waals surface area (Å²) in [6.07, 6.45) is 0.541. The third-order valence-electron chi connectivity index (χ3n) is 2.02. The maximum Gasteiger partial charge on any atom is 0.150 e. The molecule has 0 saturated carbocycles. The first-order valence-electron chi connectivity index (χ1n) is 4.87. The molecule has 0 heterocycles. The van der Waals surface area contributed by atoms with Crippen LogP contribution in [0.25, 0.3) is 0 Å². The van der Waals surface area contributed by atoms with Crippen LogP contribution in [0.4, 0.5) is 0 Å². The molecule has 5 heteroatoms. The third-order valence-corrected chi connectivity index (χ3v) is 3.81. The molecule has 0 aromatic carbocycles. The molecule has 0 fully saturated rings. The normalized spacial score (nSPS) is 13.1. The van der Waals surface area contributed by atoms with E-state index in [0.717, 1.165) is 0 Å². The number of nitrogens with two attached hydrogens (primary N) is 1. The molecule has 0 saturated heterocycles. The van der Waals surface area contributed by atoms with Crippen molar-refractivity contribution in [1.29, 1.82) is 0 Å². The van der Waals surface area contributed by atoms with E-state index in [1.807, 2.05) is 13.8 Å². The molecule has 0 rings (SSSR count). The Morgan fingerprint density at radius 2 is 1.93 bits per heavy atom. The molecule has 0 spiro atoms. The quantitative estimate of drug-likeness (QED) is 0.640. The molecular formula is C9H21NO3S. The van der Waals surface area contributed by atoms with Gasteiger partial charge in [0.05, 0.1) is 11.4 Å². The van der Waals surface area contributed by atoms with Crippen LogP contribution in [0.5, 0.6) is 0 Å². The second-order valence-electron chi connectivity index (χ2n) is 3.90. The number of hydrogen-bond acceptors (Lipinski definition) is 4. The lowest BCUT2D eigenvalue weighted by molar-refractivity contribution is -0.00961. The van der Waals surface area contributed by atoms with E-state index in [4.69, 9.17) is 10.5 Å². The van der Waals surface area contributed by atoms with Gasteiger partial charge in [0.1, 0.15) is 9.84 Å². The van der Waals surface area contributed by atoms with E-state index in [0.29, 0.717) is 19.6 Å². The fourth-order valence-corrected chi connectivity index (χ4v) is 1.68. The average molecular weight is 223 g/mol. The standard InChI is InChI=1S/C9H21NO3S/c1-4-14(11,12)7-5-6-13-9(2,3)8-10/h4-8,10H2,1-3H3. The molecule has 14 heavy (non-hydrogen) atoms. The summed E-state index contributed by atoms with van der Waals surface area (Å²) in [6, 6.07) is 0. The molecule has 0 aliphatic heterocycles. The van der Waals surface area contributed by atoms with E-state index in [1.54, 1.807) is 6.92 Å². The monoisotopic (exact) mass is 223 g/mol. The van der Waals surface area contributed by atoms with Gasteiger partial charge in [0, 0.05) is 18.9 Å². The van der Waals surface area contributed by atoms with Crippen LogP contribution in [0.1, 0.15) is 27.2 Å². The van der Waals surface area contributed by atoms with Gasteiger partial charge in [0.25, 0.3) is 0 Å². The number of sulfone groups is 1. The van der Waals surface area contributed by atoms with Crippen molar-refractivity contribution < 1.29 is 13.2 Å². The van der Waals surface area contributed by atoms with Crippen molar-refractivity contribution in [3.63, 3.8) is 0 Å². The first kappa shape index (κ1) is 13.9. The summed E-state index contributed by atoms with van der Waals surface area (Å²) in [5, 5.41) is 0. The van der Waals surface area contributed by atoms with E-state index in [2.05, 4.69) is 0 Å². The third kappa shape index (κ3) is 6.34. The van der Waals surface area contributed by atoms with Crippen molar-refractivity contribution in [3.8, 4) is 0 Å². The molecular weight excluding hydrogens is 202 g/mol. The minimum Gasteiger partial charge on any atom is -0.374 e. The molecule has 0 amide bonds. The topological polar surface area (TPSA) is 69.4 Å². The molecule has 0 aromatic heterocycles. The Morgan fingerprint density at radius 3 is 2.36 bits per heavy atom. The Labute approximate surface area is 86.7 Å². The second kappa shape index (κ2) is 5.68. The van der Waals surface area contributed by atoms with Crippen LogP contribution in [0, 0.1) is 0 Å². The largest absolute Gasteiger partial charge is 0.374 e. The number of rotatable bonds is 7. The Morgan fingerprint density at radius 1 is 1.36 bits per heavy atom. The minimum absolute atomic E-state index is 0.199. The summed E-state index contributed by atoms with van der Waals surface area (Å²) in [5.41, 5.74) is 5.11. The van der Waals surface area contributed by atoms with Gasteiger partial charge >= 0.3 is 0 Å². The molecule has 4 nitrogen and oxygen atoms in total. The van der Waals surface area contributed by atoms with Gasteiger partial charge < -0.3 is 10.5 Å². The lowest BCUT2D eigenvalue weighted by Crippen LogP contribution is -2.34. The summed E-state index contributed by atoms with van der Waals surface area (Å²) in [5.74, 6) is 0.400.